The fourth-order valence-electron chi connectivity index (χ4n) is 1.39. The highest BCUT2D eigenvalue weighted by atomic mass is 35.5. The SMILES string of the molecule is Cc1ccc[n+](/N=C(/[S-])c2ccc(Cl)cc2)c1. The van der Waals surface area contributed by atoms with Crippen LogP contribution in [0.4, 0.5) is 0 Å². The van der Waals surface area contributed by atoms with Crippen molar-refractivity contribution in [2.45, 2.75) is 6.92 Å². The second-order valence-corrected chi connectivity index (χ2v) is 4.50. The monoisotopic (exact) mass is 262 g/mol. The fourth-order valence-corrected chi connectivity index (χ4v) is 1.75. The topological polar surface area (TPSA) is 16.2 Å². The third kappa shape index (κ3) is 3.25. The highest BCUT2D eigenvalue weighted by molar-refractivity contribution is 7.78. The summed E-state index contributed by atoms with van der Waals surface area (Å²) in [7, 11) is 0. The van der Waals surface area contributed by atoms with Crippen LogP contribution in [-0.2, 0) is 12.6 Å². The summed E-state index contributed by atoms with van der Waals surface area (Å²) in [6.07, 6.45) is 3.78. The molecule has 0 saturated heterocycles. The second-order valence-electron chi connectivity index (χ2n) is 3.67. The molecule has 0 amide bonds. The highest BCUT2D eigenvalue weighted by Crippen LogP contribution is 2.09. The minimum atomic E-state index is 0.539. The lowest BCUT2D eigenvalue weighted by molar-refractivity contribution is -0.678. The van der Waals surface area contributed by atoms with Gasteiger partial charge in [0.1, 0.15) is 0 Å². The Labute approximate surface area is 111 Å². The predicted molar refractivity (Wildman–Crippen MR) is 72.1 cm³/mol. The molecular weight excluding hydrogens is 252 g/mol. The fraction of sp³-hybridized carbons (Fsp3) is 0.0769. The molecular formula is C13H11ClN2S. The molecule has 0 bridgehead atoms. The van der Waals surface area contributed by atoms with Gasteiger partial charge < -0.3 is 12.6 Å². The lowest BCUT2D eigenvalue weighted by Gasteiger charge is -2.06. The van der Waals surface area contributed by atoms with Gasteiger partial charge in [-0.15, -0.1) is 0 Å². The first-order valence-electron chi connectivity index (χ1n) is 5.15. The Morgan fingerprint density at radius 1 is 1.24 bits per heavy atom. The Hall–Kier alpha value is -1.45. The van der Waals surface area contributed by atoms with E-state index in [2.05, 4.69) is 5.10 Å². The summed E-state index contributed by atoms with van der Waals surface area (Å²) in [5, 5.41) is 5.56. The first kappa shape index (κ1) is 12.0. The molecule has 0 N–H and O–H groups in total. The molecule has 0 radical (unpaired) electrons. The zero-order valence-corrected chi connectivity index (χ0v) is 10.9. The van der Waals surface area contributed by atoms with Crippen molar-refractivity contribution < 1.29 is 4.68 Å². The number of nitrogens with zero attached hydrogens (tertiary/aromatic N) is 2. The van der Waals surface area contributed by atoms with Gasteiger partial charge in [0.25, 0.3) is 0 Å². The summed E-state index contributed by atoms with van der Waals surface area (Å²) in [6, 6.07) is 11.3. The van der Waals surface area contributed by atoms with E-state index in [1.807, 2.05) is 43.6 Å². The summed E-state index contributed by atoms with van der Waals surface area (Å²) >= 11 is 11.1. The molecule has 2 nitrogen and oxygen atoms in total. The van der Waals surface area contributed by atoms with Crippen LogP contribution in [0.5, 0.6) is 0 Å². The number of aromatic nitrogens is 1. The van der Waals surface area contributed by atoms with Gasteiger partial charge in [0, 0.05) is 16.7 Å². The molecule has 4 heteroatoms. The minimum absolute atomic E-state index is 0.539. The summed E-state index contributed by atoms with van der Waals surface area (Å²) in [5.41, 5.74) is 2.02. The van der Waals surface area contributed by atoms with Crippen molar-refractivity contribution in [3.8, 4) is 0 Å². The maximum absolute atomic E-state index is 5.82. The van der Waals surface area contributed by atoms with E-state index in [0.29, 0.717) is 10.1 Å². The van der Waals surface area contributed by atoms with Crippen LogP contribution in [-0.4, -0.2) is 5.04 Å². The number of rotatable bonds is 2. The summed E-state index contributed by atoms with van der Waals surface area (Å²) in [4.78, 5) is 0. The van der Waals surface area contributed by atoms with Gasteiger partial charge in [-0.3, -0.25) is 0 Å². The van der Waals surface area contributed by atoms with Crippen molar-refractivity contribution in [3.63, 3.8) is 0 Å². The summed E-state index contributed by atoms with van der Waals surface area (Å²) < 4.78 is 1.71. The zero-order chi connectivity index (χ0) is 12.3. The maximum Gasteiger partial charge on any atom is 0.205 e. The molecule has 0 aliphatic rings. The molecule has 1 heterocycles. The Bertz CT molecular complexity index is 550. The van der Waals surface area contributed by atoms with Crippen molar-refractivity contribution in [1.29, 1.82) is 0 Å². The van der Waals surface area contributed by atoms with E-state index in [-0.39, 0.29) is 0 Å². The molecule has 0 fully saturated rings. The van der Waals surface area contributed by atoms with Gasteiger partial charge in [0.05, 0.1) is 0 Å². The van der Waals surface area contributed by atoms with Gasteiger partial charge in [-0.25, -0.2) is 0 Å². The second kappa shape index (κ2) is 5.25. The quantitative estimate of drug-likeness (QED) is 0.352. The normalized spacial score (nSPS) is 11.5. The van der Waals surface area contributed by atoms with E-state index in [1.54, 1.807) is 16.8 Å². The number of aryl methyl sites for hydroxylation is 1. The van der Waals surface area contributed by atoms with E-state index >= 15 is 0 Å². The van der Waals surface area contributed by atoms with Crippen molar-refractivity contribution >= 4 is 29.3 Å². The largest absolute Gasteiger partial charge is 0.754 e. The molecule has 0 atom stereocenters. The first-order valence-corrected chi connectivity index (χ1v) is 5.93. The molecule has 0 spiro atoms. The minimum Gasteiger partial charge on any atom is -0.754 e. The Balaban J connectivity index is 2.30. The Morgan fingerprint density at radius 3 is 2.59 bits per heavy atom. The number of hydrogen-bond acceptors (Lipinski definition) is 2. The molecule has 2 aromatic rings. The van der Waals surface area contributed by atoms with Crippen LogP contribution in [0.2, 0.25) is 5.02 Å². The van der Waals surface area contributed by atoms with Crippen LogP contribution in [0, 0.1) is 6.92 Å². The van der Waals surface area contributed by atoms with E-state index in [9.17, 15) is 0 Å². The lowest BCUT2D eigenvalue weighted by Crippen LogP contribution is -2.28. The standard InChI is InChI=1S/C13H11ClN2S/c1-10-3-2-8-16(9-10)15-13(17)11-4-6-12(14)7-5-11/h2-9H,1H3. The maximum atomic E-state index is 5.82. The first-order chi connectivity index (χ1) is 8.15. The number of pyridine rings is 1. The van der Waals surface area contributed by atoms with Crippen LogP contribution in [0.1, 0.15) is 11.1 Å². The van der Waals surface area contributed by atoms with Gasteiger partial charge in [0.15, 0.2) is 0 Å². The van der Waals surface area contributed by atoms with Crippen molar-refractivity contribution in [3.05, 3.63) is 64.9 Å². The van der Waals surface area contributed by atoms with Crippen LogP contribution >= 0.6 is 11.6 Å². The summed E-state index contributed by atoms with van der Waals surface area (Å²) in [5.74, 6) is 0. The van der Waals surface area contributed by atoms with Crippen molar-refractivity contribution in [2.24, 2.45) is 5.10 Å². The molecule has 0 aliphatic carbocycles. The van der Waals surface area contributed by atoms with Crippen LogP contribution in [0.3, 0.4) is 0 Å². The van der Waals surface area contributed by atoms with Crippen LogP contribution < -0.4 is 4.68 Å². The molecule has 2 rings (SSSR count). The molecule has 0 saturated carbocycles. The van der Waals surface area contributed by atoms with Crippen LogP contribution in [0.25, 0.3) is 0 Å². The third-order valence-electron chi connectivity index (χ3n) is 2.23. The van der Waals surface area contributed by atoms with Crippen molar-refractivity contribution in [1.82, 2.24) is 0 Å². The highest BCUT2D eigenvalue weighted by Gasteiger charge is 1.98. The van der Waals surface area contributed by atoms with E-state index in [0.717, 1.165) is 11.1 Å². The Morgan fingerprint density at radius 2 is 1.94 bits per heavy atom. The Kier molecular flexibility index (Phi) is 3.71. The van der Waals surface area contributed by atoms with E-state index < -0.39 is 0 Å². The molecule has 17 heavy (non-hydrogen) atoms. The third-order valence-corrected chi connectivity index (χ3v) is 2.80. The van der Waals surface area contributed by atoms with Gasteiger partial charge in [-0.2, -0.15) is 0 Å². The molecule has 0 unspecified atom stereocenters. The van der Waals surface area contributed by atoms with Gasteiger partial charge >= 0.3 is 0 Å². The van der Waals surface area contributed by atoms with Gasteiger partial charge in [-0.1, -0.05) is 28.4 Å². The van der Waals surface area contributed by atoms with Gasteiger partial charge in [0.2, 0.25) is 12.4 Å². The average molecular weight is 263 g/mol. The number of benzene rings is 1. The molecule has 1 aromatic heterocycles. The number of hydrogen-bond donors (Lipinski definition) is 0. The molecule has 1 aromatic carbocycles. The zero-order valence-electron chi connectivity index (χ0n) is 9.30. The van der Waals surface area contributed by atoms with Gasteiger partial charge in [-0.05, 0) is 40.8 Å². The molecule has 86 valence electrons. The average Bonchev–Trinajstić information content (AvgIpc) is 2.29. The smallest absolute Gasteiger partial charge is 0.205 e. The van der Waals surface area contributed by atoms with E-state index in [1.165, 1.54) is 0 Å². The summed E-state index contributed by atoms with van der Waals surface area (Å²) in [6.45, 7) is 2.01. The number of halogens is 1. The lowest BCUT2D eigenvalue weighted by atomic mass is 10.2. The van der Waals surface area contributed by atoms with Crippen molar-refractivity contribution in [2.75, 3.05) is 0 Å². The van der Waals surface area contributed by atoms with Crippen LogP contribution in [0.15, 0.2) is 53.9 Å². The van der Waals surface area contributed by atoms with E-state index in [4.69, 9.17) is 24.2 Å². The predicted octanol–water partition coefficient (Wildman–Crippen LogP) is 2.69. The molecule has 0 aliphatic heterocycles.